The van der Waals surface area contributed by atoms with E-state index in [4.69, 9.17) is 37.9 Å². The Morgan fingerprint density at radius 1 is 0.400 bits per heavy atom. The maximum atomic E-state index is 11.5. The number of hydrogen-bond donors (Lipinski definition) is 0. The largest absolute Gasteiger partial charge is 0.463 e. The zero-order valence-electron chi connectivity index (χ0n) is 22.4. The van der Waals surface area contributed by atoms with Gasteiger partial charge >= 0.3 is 5.97 Å². The van der Waals surface area contributed by atoms with Crippen LogP contribution in [0.2, 0.25) is 0 Å². The van der Waals surface area contributed by atoms with Crippen LogP contribution in [-0.2, 0) is 42.7 Å². The fourth-order valence-electron chi connectivity index (χ4n) is 2.86. The lowest BCUT2D eigenvalue weighted by atomic mass is 10.2. The van der Waals surface area contributed by atoms with Crippen molar-refractivity contribution in [2.75, 3.05) is 99.1 Å². The topological polar surface area (TPSA) is 90.9 Å². The molecule has 210 valence electrons. The molecule has 0 aliphatic heterocycles. The fraction of sp³-hybridized carbons (Fsp3) is 0.962. The van der Waals surface area contributed by atoms with Crippen LogP contribution < -0.4 is 0 Å². The maximum Gasteiger partial charge on any atom is 0.305 e. The van der Waals surface area contributed by atoms with Crippen molar-refractivity contribution < 1.29 is 42.7 Å². The Morgan fingerprint density at radius 3 is 1.14 bits per heavy atom. The highest BCUT2D eigenvalue weighted by atomic mass is 16.6. The quantitative estimate of drug-likeness (QED) is 0.106. The summed E-state index contributed by atoms with van der Waals surface area (Å²) in [5, 5.41) is 0. The Kier molecular flexibility index (Phi) is 30.5. The Labute approximate surface area is 213 Å². The highest BCUT2D eigenvalue weighted by molar-refractivity contribution is 5.69. The minimum absolute atomic E-state index is 0.144. The third-order valence-electron chi connectivity index (χ3n) is 4.85. The number of hydrogen-bond acceptors (Lipinski definition) is 9. The molecule has 0 aromatic rings. The molecule has 0 bridgehead atoms. The molecule has 0 spiro atoms. The van der Waals surface area contributed by atoms with Gasteiger partial charge in [0.2, 0.25) is 0 Å². The summed E-state index contributed by atoms with van der Waals surface area (Å²) in [7, 11) is 0. The summed E-state index contributed by atoms with van der Waals surface area (Å²) in [4.78, 5) is 11.5. The molecule has 9 heteroatoms. The van der Waals surface area contributed by atoms with Gasteiger partial charge in [-0.05, 0) is 12.8 Å². The van der Waals surface area contributed by atoms with Gasteiger partial charge in [-0.15, -0.1) is 0 Å². The Hall–Kier alpha value is -0.810. The fourth-order valence-corrected chi connectivity index (χ4v) is 2.86. The van der Waals surface area contributed by atoms with Gasteiger partial charge in [-0.3, -0.25) is 4.79 Å². The van der Waals surface area contributed by atoms with Crippen LogP contribution >= 0.6 is 0 Å². The van der Waals surface area contributed by atoms with Crippen molar-refractivity contribution in [2.45, 2.75) is 65.2 Å². The Balaban J connectivity index is 3.07. The molecule has 0 aromatic heterocycles. The monoisotopic (exact) mass is 508 g/mol. The molecule has 0 aliphatic carbocycles. The van der Waals surface area contributed by atoms with Crippen LogP contribution in [0.4, 0.5) is 0 Å². The minimum atomic E-state index is -0.144. The standard InChI is InChI=1S/C26H52O9/c1-3-5-7-8-10-26(27)35-25-24-34-23-22-33-21-20-32-19-18-31-17-16-30-15-14-29-13-12-28-11-9-6-4-2/h3-25H2,1-2H3. The van der Waals surface area contributed by atoms with Crippen LogP contribution in [-0.4, -0.2) is 105 Å². The van der Waals surface area contributed by atoms with Gasteiger partial charge in [0.05, 0.1) is 85.9 Å². The molecule has 0 aromatic carbocycles. The van der Waals surface area contributed by atoms with Crippen LogP contribution in [0.1, 0.15) is 65.2 Å². The van der Waals surface area contributed by atoms with Crippen LogP contribution in [0.25, 0.3) is 0 Å². The molecule has 0 fully saturated rings. The van der Waals surface area contributed by atoms with Crippen LogP contribution in [0.15, 0.2) is 0 Å². The smallest absolute Gasteiger partial charge is 0.305 e. The minimum Gasteiger partial charge on any atom is -0.463 e. The average Bonchev–Trinajstić information content (AvgIpc) is 2.86. The molecule has 0 heterocycles. The molecule has 0 saturated carbocycles. The lowest BCUT2D eigenvalue weighted by Crippen LogP contribution is -2.15. The first-order chi connectivity index (χ1) is 17.3. The molecular formula is C26H52O9. The predicted molar refractivity (Wildman–Crippen MR) is 135 cm³/mol. The number of ether oxygens (including phenoxy) is 8. The number of esters is 1. The molecule has 0 N–H and O–H groups in total. The number of carbonyl (C=O) groups excluding carboxylic acids is 1. The van der Waals surface area contributed by atoms with Crippen molar-refractivity contribution in [1.82, 2.24) is 0 Å². The second-order valence-electron chi connectivity index (χ2n) is 8.02. The molecular weight excluding hydrogens is 456 g/mol. The van der Waals surface area contributed by atoms with Crippen molar-refractivity contribution in [3.63, 3.8) is 0 Å². The first-order valence-corrected chi connectivity index (χ1v) is 13.5. The van der Waals surface area contributed by atoms with E-state index in [1.165, 1.54) is 12.8 Å². The van der Waals surface area contributed by atoms with Gasteiger partial charge in [0.15, 0.2) is 0 Å². The second kappa shape index (κ2) is 31.2. The predicted octanol–water partition coefficient (Wildman–Crippen LogP) is 3.81. The molecule has 0 rings (SSSR count). The van der Waals surface area contributed by atoms with E-state index < -0.39 is 0 Å². The normalized spacial score (nSPS) is 11.3. The van der Waals surface area contributed by atoms with Crippen molar-refractivity contribution in [1.29, 1.82) is 0 Å². The van der Waals surface area contributed by atoms with Crippen LogP contribution in [0.3, 0.4) is 0 Å². The van der Waals surface area contributed by atoms with E-state index in [0.717, 1.165) is 38.7 Å². The van der Waals surface area contributed by atoms with Gasteiger partial charge in [-0.1, -0.05) is 46.0 Å². The third kappa shape index (κ3) is 31.2. The SMILES string of the molecule is CCCCCCC(=O)OCCOCCOCCOCCOCCOCCOCCOCCCCC. The van der Waals surface area contributed by atoms with Gasteiger partial charge in [-0.2, -0.15) is 0 Å². The molecule has 0 unspecified atom stereocenters. The van der Waals surface area contributed by atoms with Gasteiger partial charge in [-0.25, -0.2) is 0 Å². The van der Waals surface area contributed by atoms with E-state index in [1.807, 2.05) is 0 Å². The highest BCUT2D eigenvalue weighted by Crippen LogP contribution is 2.03. The molecule has 9 nitrogen and oxygen atoms in total. The van der Waals surface area contributed by atoms with Gasteiger partial charge in [0.1, 0.15) is 6.61 Å². The average molecular weight is 509 g/mol. The number of rotatable bonds is 30. The number of carbonyl (C=O) groups is 1. The molecule has 0 saturated heterocycles. The number of unbranched alkanes of at least 4 members (excludes halogenated alkanes) is 5. The Bertz CT molecular complexity index is 410. The van der Waals surface area contributed by atoms with E-state index in [1.54, 1.807) is 0 Å². The molecule has 35 heavy (non-hydrogen) atoms. The third-order valence-corrected chi connectivity index (χ3v) is 4.85. The van der Waals surface area contributed by atoms with Gasteiger partial charge in [0.25, 0.3) is 0 Å². The molecule has 0 atom stereocenters. The molecule has 0 amide bonds. The summed E-state index contributed by atoms with van der Waals surface area (Å²) in [6, 6.07) is 0. The van der Waals surface area contributed by atoms with Gasteiger partial charge < -0.3 is 37.9 Å². The summed E-state index contributed by atoms with van der Waals surface area (Å²) in [5.41, 5.74) is 0. The van der Waals surface area contributed by atoms with Crippen LogP contribution in [0, 0.1) is 0 Å². The summed E-state index contributed by atoms with van der Waals surface area (Å²) in [5.74, 6) is -0.144. The second-order valence-corrected chi connectivity index (χ2v) is 8.02. The summed E-state index contributed by atoms with van der Waals surface area (Å²) < 4.78 is 43.2. The van der Waals surface area contributed by atoms with Crippen molar-refractivity contribution >= 4 is 5.97 Å². The Morgan fingerprint density at radius 2 is 0.743 bits per heavy atom. The van der Waals surface area contributed by atoms with E-state index >= 15 is 0 Å². The lowest BCUT2D eigenvalue weighted by Gasteiger charge is -2.08. The van der Waals surface area contributed by atoms with Crippen molar-refractivity contribution in [3.8, 4) is 0 Å². The first kappa shape index (κ1) is 34.2. The molecule has 0 aliphatic rings. The summed E-state index contributed by atoms with van der Waals surface area (Å²) >= 11 is 0. The zero-order chi connectivity index (χ0) is 25.5. The van der Waals surface area contributed by atoms with Crippen molar-refractivity contribution in [2.24, 2.45) is 0 Å². The summed E-state index contributed by atoms with van der Waals surface area (Å²) in [6.45, 7) is 12.3. The van der Waals surface area contributed by atoms with E-state index in [-0.39, 0.29) is 5.97 Å². The van der Waals surface area contributed by atoms with Crippen molar-refractivity contribution in [3.05, 3.63) is 0 Å². The van der Waals surface area contributed by atoms with E-state index in [2.05, 4.69) is 13.8 Å². The van der Waals surface area contributed by atoms with Crippen LogP contribution in [0.5, 0.6) is 0 Å². The first-order valence-electron chi connectivity index (χ1n) is 13.5. The zero-order valence-corrected chi connectivity index (χ0v) is 22.4. The van der Waals surface area contributed by atoms with E-state index in [9.17, 15) is 4.79 Å². The lowest BCUT2D eigenvalue weighted by molar-refractivity contribution is -0.145. The van der Waals surface area contributed by atoms with E-state index in [0.29, 0.717) is 98.9 Å². The highest BCUT2D eigenvalue weighted by Gasteiger charge is 2.02. The van der Waals surface area contributed by atoms with Gasteiger partial charge in [0, 0.05) is 13.0 Å². The maximum absolute atomic E-state index is 11.5. The molecule has 0 radical (unpaired) electrons. The summed E-state index contributed by atoms with van der Waals surface area (Å²) in [6.07, 6.45) is 8.35.